The molecule has 0 aromatic heterocycles. The quantitative estimate of drug-likeness (QED) is 0.0261. The molecule has 0 fully saturated rings. The smallest absolute Gasteiger partial charge is 0.306 e. The Labute approximate surface area is 517 Å². The second-order valence-electron chi connectivity index (χ2n) is 24.8. The van der Waals surface area contributed by atoms with E-state index >= 15 is 0 Å². The summed E-state index contributed by atoms with van der Waals surface area (Å²) in [4.78, 5) is 38.4. The van der Waals surface area contributed by atoms with E-state index in [1.165, 1.54) is 263 Å². The molecule has 0 aliphatic rings. The highest BCUT2D eigenvalue weighted by Crippen LogP contribution is 2.19. The van der Waals surface area contributed by atoms with Gasteiger partial charge in [0.2, 0.25) is 0 Å². The third kappa shape index (κ3) is 69.8. The first-order valence-corrected chi connectivity index (χ1v) is 36.8. The molecule has 484 valence electrons. The van der Waals surface area contributed by atoms with E-state index in [0.29, 0.717) is 19.3 Å². The predicted octanol–water partition coefficient (Wildman–Crippen LogP) is 25.5. The molecule has 0 aliphatic heterocycles. The average molecular weight is 1160 g/mol. The van der Waals surface area contributed by atoms with Crippen LogP contribution < -0.4 is 0 Å². The second kappa shape index (κ2) is 71.6. The van der Waals surface area contributed by atoms with Crippen LogP contribution in [0, 0.1) is 0 Å². The number of unbranched alkanes of at least 4 members (excludes halogenated alkanes) is 47. The Morgan fingerprint density at radius 3 is 0.735 bits per heavy atom. The van der Waals surface area contributed by atoms with Crippen molar-refractivity contribution in [3.8, 4) is 0 Å². The molecule has 83 heavy (non-hydrogen) atoms. The summed E-state index contributed by atoms with van der Waals surface area (Å²) >= 11 is 0. The van der Waals surface area contributed by atoms with Crippen LogP contribution in [0.5, 0.6) is 0 Å². The highest BCUT2D eigenvalue weighted by Gasteiger charge is 2.19. The van der Waals surface area contributed by atoms with Crippen LogP contribution in [-0.2, 0) is 28.6 Å². The first-order valence-electron chi connectivity index (χ1n) is 36.8. The molecule has 0 saturated carbocycles. The third-order valence-corrected chi connectivity index (χ3v) is 16.5. The number of rotatable bonds is 68. The summed E-state index contributed by atoms with van der Waals surface area (Å²) in [5.41, 5.74) is 0. The van der Waals surface area contributed by atoms with Gasteiger partial charge in [0.25, 0.3) is 0 Å². The number of allylic oxidation sites excluding steroid dienone is 10. The Bertz CT molecular complexity index is 1470. The van der Waals surface area contributed by atoms with Crippen LogP contribution in [-0.4, -0.2) is 37.2 Å². The number of carbonyl (C=O) groups is 3. The van der Waals surface area contributed by atoms with Gasteiger partial charge in [0.1, 0.15) is 13.2 Å². The Morgan fingerprint density at radius 1 is 0.253 bits per heavy atom. The molecule has 0 spiro atoms. The minimum absolute atomic E-state index is 0.0665. The summed E-state index contributed by atoms with van der Waals surface area (Å²) in [7, 11) is 0. The fraction of sp³-hybridized carbons (Fsp3) is 0.831. The maximum atomic E-state index is 13.0. The van der Waals surface area contributed by atoms with Gasteiger partial charge in [-0.25, -0.2) is 0 Å². The Morgan fingerprint density at radius 2 is 0.470 bits per heavy atom. The number of ether oxygens (including phenoxy) is 3. The molecule has 0 bridgehead atoms. The normalized spacial score (nSPS) is 12.4. The van der Waals surface area contributed by atoms with Gasteiger partial charge < -0.3 is 14.2 Å². The SMILES string of the molecule is CC/C=C\C/C=C\C/C=C\C/C=C\C/C=C\CCCCCCCCCCCCCCCCCC(=O)OCC(COC(=O)CCCCCCCCCCCCCC)OC(=O)CCCCCCCCCCCCCCCCCCCCCCCC. The van der Waals surface area contributed by atoms with E-state index in [2.05, 4.69) is 81.5 Å². The lowest BCUT2D eigenvalue weighted by Crippen LogP contribution is -2.30. The zero-order valence-electron chi connectivity index (χ0n) is 55.7. The molecule has 0 aromatic carbocycles. The number of hydrogen-bond acceptors (Lipinski definition) is 6. The molecule has 0 amide bonds. The van der Waals surface area contributed by atoms with E-state index in [1.807, 2.05) is 0 Å². The van der Waals surface area contributed by atoms with Crippen LogP contribution >= 0.6 is 0 Å². The third-order valence-electron chi connectivity index (χ3n) is 16.5. The second-order valence-corrected chi connectivity index (χ2v) is 24.8. The molecular weight excluding hydrogens is 1020 g/mol. The minimum atomic E-state index is -0.770. The van der Waals surface area contributed by atoms with Crippen LogP contribution in [0.3, 0.4) is 0 Å². The largest absolute Gasteiger partial charge is 0.462 e. The van der Waals surface area contributed by atoms with Gasteiger partial charge in [0.15, 0.2) is 6.10 Å². The first kappa shape index (κ1) is 80.1. The van der Waals surface area contributed by atoms with Gasteiger partial charge >= 0.3 is 17.9 Å². The van der Waals surface area contributed by atoms with Crippen LogP contribution in [0.25, 0.3) is 0 Å². The molecule has 1 unspecified atom stereocenters. The van der Waals surface area contributed by atoms with Crippen molar-refractivity contribution in [2.45, 2.75) is 399 Å². The Kier molecular flexibility index (Phi) is 69.1. The maximum absolute atomic E-state index is 13.0. The Balaban J connectivity index is 4.17. The summed E-state index contributed by atoms with van der Waals surface area (Å²) in [5, 5.41) is 0. The van der Waals surface area contributed by atoms with Crippen molar-refractivity contribution >= 4 is 17.9 Å². The van der Waals surface area contributed by atoms with E-state index in [9.17, 15) is 14.4 Å². The molecule has 6 heteroatoms. The number of carbonyl (C=O) groups excluding carboxylic acids is 3. The first-order chi connectivity index (χ1) is 41.0. The fourth-order valence-electron chi connectivity index (χ4n) is 11.1. The van der Waals surface area contributed by atoms with Crippen molar-refractivity contribution in [3.05, 3.63) is 60.8 Å². The predicted molar refractivity (Wildman–Crippen MR) is 362 cm³/mol. The van der Waals surface area contributed by atoms with Crippen molar-refractivity contribution in [2.24, 2.45) is 0 Å². The summed E-state index contributed by atoms with van der Waals surface area (Å²) < 4.78 is 17.0. The zero-order valence-corrected chi connectivity index (χ0v) is 55.7. The van der Waals surface area contributed by atoms with E-state index < -0.39 is 6.10 Å². The van der Waals surface area contributed by atoms with Crippen LogP contribution in [0.1, 0.15) is 393 Å². The van der Waals surface area contributed by atoms with Gasteiger partial charge in [-0.15, -0.1) is 0 Å². The van der Waals surface area contributed by atoms with Crippen LogP contribution in [0.4, 0.5) is 0 Å². The van der Waals surface area contributed by atoms with Crippen molar-refractivity contribution < 1.29 is 28.6 Å². The molecule has 0 aromatic rings. The minimum Gasteiger partial charge on any atom is -0.462 e. The van der Waals surface area contributed by atoms with Gasteiger partial charge in [-0.3, -0.25) is 14.4 Å². The number of hydrogen-bond donors (Lipinski definition) is 0. The Hall–Kier alpha value is -2.89. The summed E-state index contributed by atoms with van der Waals surface area (Å²) in [6, 6.07) is 0. The summed E-state index contributed by atoms with van der Waals surface area (Å²) in [6.45, 7) is 6.60. The van der Waals surface area contributed by atoms with Crippen LogP contribution in [0.2, 0.25) is 0 Å². The van der Waals surface area contributed by atoms with Gasteiger partial charge in [-0.2, -0.15) is 0 Å². The fourth-order valence-corrected chi connectivity index (χ4v) is 11.1. The van der Waals surface area contributed by atoms with Gasteiger partial charge in [0.05, 0.1) is 0 Å². The molecule has 0 saturated heterocycles. The van der Waals surface area contributed by atoms with Crippen molar-refractivity contribution in [2.75, 3.05) is 13.2 Å². The highest BCUT2D eigenvalue weighted by molar-refractivity contribution is 5.71. The average Bonchev–Trinajstić information content (AvgIpc) is 3.49. The lowest BCUT2D eigenvalue weighted by molar-refractivity contribution is -0.167. The van der Waals surface area contributed by atoms with E-state index in [0.717, 1.165) is 89.9 Å². The molecule has 0 heterocycles. The molecule has 1 atom stereocenters. The van der Waals surface area contributed by atoms with Crippen LogP contribution in [0.15, 0.2) is 60.8 Å². The van der Waals surface area contributed by atoms with Gasteiger partial charge in [-0.1, -0.05) is 370 Å². The van der Waals surface area contributed by atoms with Gasteiger partial charge in [0, 0.05) is 19.3 Å². The van der Waals surface area contributed by atoms with E-state index in [1.54, 1.807) is 0 Å². The van der Waals surface area contributed by atoms with Crippen molar-refractivity contribution in [3.63, 3.8) is 0 Å². The molecule has 6 nitrogen and oxygen atoms in total. The standard InChI is InChI=1S/C77H140O6/c1-4-7-10-13-16-19-22-25-27-29-31-33-35-36-37-38-39-40-41-42-43-45-46-48-50-52-55-58-61-64-67-70-76(79)82-73-74(72-81-75(78)69-66-63-60-57-54-24-21-18-15-12-9-6-3)83-77(80)71-68-65-62-59-56-53-51-49-47-44-34-32-30-28-26-23-20-17-14-11-8-5-2/h7,10,16,19,25,27,31,33,36-37,74H,4-6,8-9,11-15,17-18,20-24,26,28-30,32,34-35,38-73H2,1-3H3/b10-7-,19-16-,27-25-,33-31-,37-36-. The topological polar surface area (TPSA) is 78.9 Å². The summed E-state index contributed by atoms with van der Waals surface area (Å²) in [6.07, 6.45) is 92.6. The van der Waals surface area contributed by atoms with Crippen molar-refractivity contribution in [1.82, 2.24) is 0 Å². The van der Waals surface area contributed by atoms with Gasteiger partial charge in [-0.05, 0) is 64.2 Å². The molecule has 0 radical (unpaired) electrons. The van der Waals surface area contributed by atoms with E-state index in [4.69, 9.17) is 14.2 Å². The molecule has 0 N–H and O–H groups in total. The van der Waals surface area contributed by atoms with E-state index in [-0.39, 0.29) is 31.1 Å². The zero-order chi connectivity index (χ0) is 59.9. The molecule has 0 aliphatic carbocycles. The maximum Gasteiger partial charge on any atom is 0.306 e. The highest BCUT2D eigenvalue weighted by atomic mass is 16.6. The molecule has 0 rings (SSSR count). The summed E-state index contributed by atoms with van der Waals surface area (Å²) in [5.74, 6) is -0.837. The molecular formula is C77H140O6. The number of esters is 3. The lowest BCUT2D eigenvalue weighted by Gasteiger charge is -2.18. The monoisotopic (exact) mass is 1160 g/mol. The lowest BCUT2D eigenvalue weighted by atomic mass is 10.0. The van der Waals surface area contributed by atoms with Crippen molar-refractivity contribution in [1.29, 1.82) is 0 Å².